The summed E-state index contributed by atoms with van der Waals surface area (Å²) in [6.07, 6.45) is 2.46. The summed E-state index contributed by atoms with van der Waals surface area (Å²) >= 11 is 0. The number of nitrogens with zero attached hydrogens (tertiary/aromatic N) is 1. The van der Waals surface area contributed by atoms with E-state index in [1.807, 2.05) is 0 Å². The summed E-state index contributed by atoms with van der Waals surface area (Å²) in [5.41, 5.74) is 0.116. The Labute approximate surface area is 146 Å². The van der Waals surface area contributed by atoms with Crippen LogP contribution in [0.5, 0.6) is 0 Å². The van der Waals surface area contributed by atoms with Crippen LogP contribution in [0.1, 0.15) is 33.6 Å². The molecule has 1 saturated heterocycles. The molecule has 24 heavy (non-hydrogen) atoms. The normalized spacial score (nSPS) is 22.1. The molecule has 7 nitrogen and oxygen atoms in total. The molecule has 1 amide bonds. The molecule has 0 radical (unpaired) electrons. The van der Waals surface area contributed by atoms with Gasteiger partial charge in [-0.05, 0) is 18.3 Å². The Morgan fingerprint density at radius 2 is 2.04 bits per heavy atom. The van der Waals surface area contributed by atoms with Crippen molar-refractivity contribution >= 4 is 11.9 Å². The van der Waals surface area contributed by atoms with Gasteiger partial charge >= 0.3 is 0 Å². The number of amides is 1. The van der Waals surface area contributed by atoms with E-state index in [2.05, 4.69) is 41.7 Å². The summed E-state index contributed by atoms with van der Waals surface area (Å²) in [4.78, 5) is 15.9. The number of hydrogen-bond acceptors (Lipinski definition) is 4. The topological polar surface area (TPSA) is 84.0 Å². The molecule has 0 spiro atoms. The highest BCUT2D eigenvalue weighted by atomic mass is 16.5. The van der Waals surface area contributed by atoms with Crippen LogP contribution in [-0.4, -0.2) is 65.0 Å². The highest BCUT2D eigenvalue weighted by molar-refractivity contribution is 5.86. The van der Waals surface area contributed by atoms with Crippen molar-refractivity contribution in [3.63, 3.8) is 0 Å². The van der Waals surface area contributed by atoms with Crippen molar-refractivity contribution < 1.29 is 14.3 Å². The lowest BCUT2D eigenvalue weighted by Crippen LogP contribution is -2.49. The number of methoxy groups -OCH3 is 1. The van der Waals surface area contributed by atoms with Gasteiger partial charge in [-0.1, -0.05) is 20.8 Å². The number of nitrogens with one attached hydrogen (secondary N) is 3. The number of guanidine groups is 1. The van der Waals surface area contributed by atoms with Crippen molar-refractivity contribution in [3.05, 3.63) is 0 Å². The summed E-state index contributed by atoms with van der Waals surface area (Å²) in [6.45, 7) is 9.48. The van der Waals surface area contributed by atoms with Crippen molar-refractivity contribution in [2.75, 3.05) is 47.0 Å². The second-order valence-corrected chi connectivity index (χ2v) is 7.21. The molecule has 0 aromatic carbocycles. The van der Waals surface area contributed by atoms with Crippen molar-refractivity contribution in [1.82, 2.24) is 16.0 Å². The SMILES string of the molecule is CN=C(NCC(=O)NCCOC)NCC1CCCOC1C(C)(C)C. The maximum atomic E-state index is 11.7. The van der Waals surface area contributed by atoms with E-state index in [0.717, 1.165) is 26.0 Å². The number of rotatable bonds is 7. The van der Waals surface area contributed by atoms with Crippen LogP contribution in [0.2, 0.25) is 0 Å². The standard InChI is InChI=1S/C17H34N4O3/c1-17(2,3)15-13(7-6-9-24-15)11-20-16(18-4)21-12-14(22)19-8-10-23-5/h13,15H,6-12H2,1-5H3,(H,19,22)(H2,18,20,21). The molecule has 2 unspecified atom stereocenters. The Morgan fingerprint density at radius 3 is 2.67 bits per heavy atom. The minimum Gasteiger partial charge on any atom is -0.383 e. The lowest BCUT2D eigenvalue weighted by Gasteiger charge is -2.40. The van der Waals surface area contributed by atoms with Gasteiger partial charge in [-0.2, -0.15) is 0 Å². The number of hydrogen-bond donors (Lipinski definition) is 3. The first-order valence-electron chi connectivity index (χ1n) is 8.70. The predicted octanol–water partition coefficient (Wildman–Crippen LogP) is 0.755. The number of ether oxygens (including phenoxy) is 2. The van der Waals surface area contributed by atoms with Gasteiger partial charge in [0.1, 0.15) is 0 Å². The lowest BCUT2D eigenvalue weighted by molar-refractivity contribution is -0.120. The van der Waals surface area contributed by atoms with Crippen LogP contribution < -0.4 is 16.0 Å². The van der Waals surface area contributed by atoms with Crippen LogP contribution in [0.4, 0.5) is 0 Å². The van der Waals surface area contributed by atoms with Gasteiger partial charge in [-0.3, -0.25) is 9.79 Å². The number of aliphatic imine (C=N–C) groups is 1. The van der Waals surface area contributed by atoms with Crippen molar-refractivity contribution in [2.45, 2.75) is 39.7 Å². The Bertz CT molecular complexity index is 407. The molecular weight excluding hydrogens is 308 g/mol. The fourth-order valence-corrected chi connectivity index (χ4v) is 2.98. The third kappa shape index (κ3) is 7.49. The van der Waals surface area contributed by atoms with Crippen molar-refractivity contribution in [3.8, 4) is 0 Å². The molecule has 2 atom stereocenters. The minimum atomic E-state index is -0.0800. The maximum Gasteiger partial charge on any atom is 0.239 e. The Kier molecular flexibility index (Phi) is 9.07. The van der Waals surface area contributed by atoms with Gasteiger partial charge in [0.2, 0.25) is 5.91 Å². The molecule has 1 rings (SSSR count). The zero-order chi connectivity index (χ0) is 18.0. The van der Waals surface area contributed by atoms with E-state index in [-0.39, 0.29) is 24.0 Å². The summed E-state index contributed by atoms with van der Waals surface area (Å²) in [5, 5.41) is 9.12. The Morgan fingerprint density at radius 1 is 1.29 bits per heavy atom. The second kappa shape index (κ2) is 10.5. The molecule has 0 aliphatic carbocycles. The number of carbonyl (C=O) groups is 1. The summed E-state index contributed by atoms with van der Waals surface area (Å²) < 4.78 is 10.9. The molecule has 1 heterocycles. The predicted molar refractivity (Wildman–Crippen MR) is 96.2 cm³/mol. The smallest absolute Gasteiger partial charge is 0.239 e. The largest absolute Gasteiger partial charge is 0.383 e. The van der Waals surface area contributed by atoms with E-state index in [0.29, 0.717) is 25.0 Å². The van der Waals surface area contributed by atoms with Crippen molar-refractivity contribution in [1.29, 1.82) is 0 Å². The molecule has 1 fully saturated rings. The monoisotopic (exact) mass is 342 g/mol. The van der Waals surface area contributed by atoms with E-state index < -0.39 is 0 Å². The quantitative estimate of drug-likeness (QED) is 0.361. The third-order valence-corrected chi connectivity index (χ3v) is 4.10. The highest BCUT2D eigenvalue weighted by Gasteiger charge is 2.35. The molecule has 7 heteroatoms. The molecule has 0 aromatic heterocycles. The average Bonchev–Trinajstić information content (AvgIpc) is 2.54. The van der Waals surface area contributed by atoms with Crippen LogP contribution in [-0.2, 0) is 14.3 Å². The van der Waals surface area contributed by atoms with Crippen molar-refractivity contribution in [2.24, 2.45) is 16.3 Å². The summed E-state index contributed by atoms with van der Waals surface area (Å²) in [6, 6.07) is 0. The zero-order valence-corrected chi connectivity index (χ0v) is 15.8. The Hall–Kier alpha value is -1.34. The molecule has 140 valence electrons. The van der Waals surface area contributed by atoms with Gasteiger partial charge in [-0.15, -0.1) is 0 Å². The van der Waals surface area contributed by atoms with Gasteiger partial charge in [0, 0.05) is 39.8 Å². The minimum absolute atomic E-state index is 0.0800. The first-order valence-corrected chi connectivity index (χ1v) is 8.70. The van der Waals surface area contributed by atoms with Gasteiger partial charge in [0.25, 0.3) is 0 Å². The Balaban J connectivity index is 2.38. The van der Waals surface area contributed by atoms with Crippen LogP contribution >= 0.6 is 0 Å². The molecule has 0 saturated carbocycles. The second-order valence-electron chi connectivity index (χ2n) is 7.21. The molecule has 3 N–H and O–H groups in total. The van der Waals surface area contributed by atoms with Gasteiger partial charge < -0.3 is 25.4 Å². The zero-order valence-electron chi connectivity index (χ0n) is 15.8. The average molecular weight is 342 g/mol. The molecule has 0 bridgehead atoms. The van der Waals surface area contributed by atoms with Crippen LogP contribution in [0.25, 0.3) is 0 Å². The van der Waals surface area contributed by atoms with E-state index in [9.17, 15) is 4.79 Å². The van der Waals surface area contributed by atoms with Gasteiger partial charge in [-0.25, -0.2) is 0 Å². The van der Waals surface area contributed by atoms with E-state index in [1.54, 1.807) is 14.2 Å². The fourth-order valence-electron chi connectivity index (χ4n) is 2.98. The molecule has 1 aliphatic rings. The summed E-state index contributed by atoms with van der Waals surface area (Å²) in [5.74, 6) is 0.992. The van der Waals surface area contributed by atoms with Crippen LogP contribution in [0.3, 0.4) is 0 Å². The first kappa shape index (κ1) is 20.7. The van der Waals surface area contributed by atoms with E-state index in [4.69, 9.17) is 9.47 Å². The molecule has 0 aromatic rings. The lowest BCUT2D eigenvalue weighted by atomic mass is 9.78. The number of carbonyl (C=O) groups excluding carboxylic acids is 1. The van der Waals surface area contributed by atoms with Gasteiger partial charge in [0.15, 0.2) is 5.96 Å². The molecule has 1 aliphatic heterocycles. The van der Waals surface area contributed by atoms with Gasteiger partial charge in [0.05, 0.1) is 19.3 Å². The molecular formula is C17H34N4O3. The van der Waals surface area contributed by atoms with Crippen LogP contribution in [0, 0.1) is 11.3 Å². The third-order valence-electron chi connectivity index (χ3n) is 4.10. The first-order chi connectivity index (χ1) is 11.4. The van der Waals surface area contributed by atoms with E-state index >= 15 is 0 Å². The summed E-state index contributed by atoms with van der Waals surface area (Å²) in [7, 11) is 3.31. The van der Waals surface area contributed by atoms with Crippen LogP contribution in [0.15, 0.2) is 4.99 Å². The van der Waals surface area contributed by atoms with E-state index in [1.165, 1.54) is 0 Å². The maximum absolute atomic E-state index is 11.7. The highest BCUT2D eigenvalue weighted by Crippen LogP contribution is 2.33. The fraction of sp³-hybridized carbons (Fsp3) is 0.882.